The average Bonchev–Trinajstić information content (AvgIpc) is 1.46. The molecule has 0 radical (unpaired) electrons. The van der Waals surface area contributed by atoms with Crippen LogP contribution in [-0.4, -0.2) is 118 Å². The Kier molecular flexibility index (Phi) is 16.7. The molecule has 0 bridgehead atoms. The minimum absolute atomic E-state index is 0.139. The Morgan fingerprint density at radius 3 is 1.33 bits per heavy atom. The fourth-order valence-electron chi connectivity index (χ4n) is 7.96. The Bertz CT molecular complexity index is 5270. The third-order valence-electron chi connectivity index (χ3n) is 11.7. The van der Waals surface area contributed by atoms with Gasteiger partial charge in [-0.3, -0.25) is 27.3 Å². The zero-order valence-electron chi connectivity index (χ0n) is 43.0. The van der Waals surface area contributed by atoms with Crippen molar-refractivity contribution in [2.75, 3.05) is 27.0 Å². The molecule has 0 spiro atoms. The molecule has 43 heteroatoms. The predicted molar refractivity (Wildman–Crippen MR) is 310 cm³/mol. The van der Waals surface area contributed by atoms with E-state index in [9.17, 15) is 88.0 Å². The lowest BCUT2D eigenvalue weighted by molar-refractivity contribution is 0.470. The number of phenolic OH excluding ortho intramolecular Hbond substituents is 2. The van der Waals surface area contributed by atoms with Crippen LogP contribution in [0.3, 0.4) is 0 Å². The van der Waals surface area contributed by atoms with Gasteiger partial charge < -0.3 is 37.2 Å². The molecule has 35 nitrogen and oxygen atoms in total. The van der Waals surface area contributed by atoms with Crippen LogP contribution in [0.15, 0.2) is 147 Å². The number of rotatable bonds is 18. The molecule has 0 atom stereocenters. The van der Waals surface area contributed by atoms with Crippen molar-refractivity contribution in [2.24, 2.45) is 20.5 Å². The highest BCUT2D eigenvalue weighted by Gasteiger charge is 2.27. The standard InChI is InChI=1S/C45H33Cl2N15O20S6/c1-18-2-5-26(51-44-55-40(46)53-42(57-44)49-21-3-6-27(34(13-21)86(74,75)76)59-61-30-17-25-19(11-33(30)85(71,72)73)9-23(15-31(25)63)83(65,66)67)29(8-18)52-45-56-41(47)54-43(58-45)50-22-4-7-28(35(14-22)87(77,78)79)60-62-39-37-20(12-36(38(39)48)88(80,81)82)10-24(16-32(37)64)84(68,69)70/h2-17,63-64H,48H2,1H3,(H,65,66,67)(H,68,69,70)(H,71,72,73)(H,74,75,76)(H,77,78,79)(H,80,81,82)(H2,49,51,53,55,57)(H2,50,52,54,56,58). The number of azo groups is 2. The molecule has 0 aliphatic rings. The summed E-state index contributed by atoms with van der Waals surface area (Å²) in [6.07, 6.45) is 0. The lowest BCUT2D eigenvalue weighted by Crippen LogP contribution is -2.08. The number of aryl methyl sites for hydroxylation is 1. The van der Waals surface area contributed by atoms with Crippen LogP contribution in [0.25, 0.3) is 21.5 Å². The van der Waals surface area contributed by atoms with Crippen LogP contribution in [0.1, 0.15) is 5.56 Å². The summed E-state index contributed by atoms with van der Waals surface area (Å²) in [5, 5.41) is 45.2. The van der Waals surface area contributed by atoms with Crippen LogP contribution in [0, 0.1) is 6.92 Å². The van der Waals surface area contributed by atoms with E-state index in [2.05, 4.69) is 71.6 Å². The first kappa shape index (κ1) is 63.4. The van der Waals surface area contributed by atoms with Gasteiger partial charge in [0.25, 0.3) is 60.7 Å². The van der Waals surface area contributed by atoms with Crippen LogP contribution in [0.5, 0.6) is 11.5 Å². The van der Waals surface area contributed by atoms with E-state index in [-0.39, 0.29) is 57.3 Å². The summed E-state index contributed by atoms with van der Waals surface area (Å²) in [5.41, 5.74) is 3.24. The number of phenols is 2. The molecule has 9 rings (SSSR count). The topological polar surface area (TPSA) is 568 Å². The van der Waals surface area contributed by atoms with E-state index in [0.717, 1.165) is 36.4 Å². The van der Waals surface area contributed by atoms with E-state index < -0.39 is 151 Å². The van der Waals surface area contributed by atoms with Gasteiger partial charge in [-0.2, -0.15) is 80.4 Å². The van der Waals surface area contributed by atoms with E-state index in [1.165, 1.54) is 12.1 Å². The number of nitrogens with one attached hydrogen (secondary N) is 4. The summed E-state index contributed by atoms with van der Waals surface area (Å²) in [6.45, 7) is 1.71. The second-order valence-corrected chi connectivity index (χ2v) is 26.9. The van der Waals surface area contributed by atoms with E-state index in [1.54, 1.807) is 25.1 Å². The Morgan fingerprint density at radius 1 is 0.420 bits per heavy atom. The molecule has 9 aromatic rings. The highest BCUT2D eigenvalue weighted by Crippen LogP contribution is 2.45. The van der Waals surface area contributed by atoms with Crippen molar-refractivity contribution in [3.05, 3.63) is 113 Å². The molecule has 0 amide bonds. The summed E-state index contributed by atoms with van der Waals surface area (Å²) < 4.78 is 207. The summed E-state index contributed by atoms with van der Waals surface area (Å²) in [6, 6.07) is 15.7. The molecule has 2 aromatic heterocycles. The number of nitrogen functional groups attached to an aromatic ring is 1. The summed E-state index contributed by atoms with van der Waals surface area (Å²) in [7, 11) is -30.7. The molecule has 0 fully saturated rings. The first-order valence-corrected chi connectivity index (χ1v) is 32.6. The molecule has 14 N–H and O–H groups in total. The predicted octanol–water partition coefficient (Wildman–Crippen LogP) is 8.26. The highest BCUT2D eigenvalue weighted by atomic mass is 35.5. The van der Waals surface area contributed by atoms with Crippen molar-refractivity contribution in [1.29, 1.82) is 0 Å². The van der Waals surface area contributed by atoms with Gasteiger partial charge in [0, 0.05) is 28.9 Å². The summed E-state index contributed by atoms with van der Waals surface area (Å²) in [5.74, 6) is -2.89. The zero-order chi connectivity index (χ0) is 64.4. The largest absolute Gasteiger partial charge is 0.507 e. The van der Waals surface area contributed by atoms with Crippen LogP contribution in [0.2, 0.25) is 10.6 Å². The molecule has 0 aliphatic carbocycles. The van der Waals surface area contributed by atoms with Gasteiger partial charge in [0.2, 0.25) is 34.4 Å². The second kappa shape index (κ2) is 23.2. The van der Waals surface area contributed by atoms with Crippen LogP contribution >= 0.6 is 23.2 Å². The fraction of sp³-hybridized carbons (Fsp3) is 0.0222. The van der Waals surface area contributed by atoms with Gasteiger partial charge in [0.05, 0.1) is 32.2 Å². The lowest BCUT2D eigenvalue weighted by atomic mass is 10.1. The van der Waals surface area contributed by atoms with E-state index >= 15 is 0 Å². The number of fused-ring (bicyclic) bond motifs is 2. The number of halogens is 2. The number of nitrogens with zero attached hydrogens (tertiary/aromatic N) is 10. The quantitative estimate of drug-likeness (QED) is 0.0218. The first-order chi connectivity index (χ1) is 40.8. The molecule has 0 aliphatic heterocycles. The van der Waals surface area contributed by atoms with Crippen molar-refractivity contribution in [3.8, 4) is 11.5 Å². The third-order valence-corrected chi connectivity index (χ3v) is 17.2. The minimum Gasteiger partial charge on any atom is -0.507 e. The smallest absolute Gasteiger partial charge is 0.296 e. The Labute approximate surface area is 503 Å². The number of aromatic hydroxyl groups is 2. The van der Waals surface area contributed by atoms with Crippen molar-refractivity contribution in [1.82, 2.24) is 29.9 Å². The highest BCUT2D eigenvalue weighted by molar-refractivity contribution is 7.87. The molecule has 0 saturated carbocycles. The van der Waals surface area contributed by atoms with Gasteiger partial charge in [0.15, 0.2) is 0 Å². The molecule has 0 unspecified atom stereocenters. The normalized spacial score (nSPS) is 12.7. The van der Waals surface area contributed by atoms with Crippen LogP contribution in [0.4, 0.5) is 75.0 Å². The Hall–Kier alpha value is -9.08. The van der Waals surface area contributed by atoms with Crippen molar-refractivity contribution >= 4 is 180 Å². The van der Waals surface area contributed by atoms with Gasteiger partial charge in [0.1, 0.15) is 53.8 Å². The SMILES string of the molecule is Cc1ccc(Nc2nc(Cl)nc(Nc3ccc(N=Nc4cc5c(O)cc(S(=O)(=O)O)cc5cc4S(=O)(=O)O)c(S(=O)(=O)O)c3)n2)c(Nc2nc(Cl)nc(Nc3ccc(N=Nc4c(N)c(S(=O)(=O)O)cc5cc(S(=O)(=O)O)cc(O)c45)c(S(=O)(=O)O)c3)n2)c1. The molecule has 458 valence electrons. The molecule has 7 aromatic carbocycles. The van der Waals surface area contributed by atoms with Crippen molar-refractivity contribution < 1.29 is 88.0 Å². The monoisotopic (exact) mass is 1360 g/mol. The maximum atomic E-state index is 12.7. The maximum absolute atomic E-state index is 12.7. The lowest BCUT2D eigenvalue weighted by Gasteiger charge is -2.15. The number of hydrogen-bond donors (Lipinski definition) is 13. The van der Waals surface area contributed by atoms with Gasteiger partial charge in [-0.1, -0.05) is 6.07 Å². The number of aromatic nitrogens is 6. The van der Waals surface area contributed by atoms with E-state index in [1.807, 2.05) is 0 Å². The number of benzene rings is 7. The minimum atomic E-state index is -5.22. The van der Waals surface area contributed by atoms with Crippen LogP contribution in [-0.2, 0) is 60.7 Å². The molecule has 88 heavy (non-hydrogen) atoms. The first-order valence-electron chi connectivity index (χ1n) is 23.2. The van der Waals surface area contributed by atoms with E-state index in [0.29, 0.717) is 35.9 Å². The third kappa shape index (κ3) is 14.3. The average molecular weight is 1370 g/mol. The summed E-state index contributed by atoms with van der Waals surface area (Å²) >= 11 is 12.6. The van der Waals surface area contributed by atoms with Crippen molar-refractivity contribution in [3.63, 3.8) is 0 Å². The summed E-state index contributed by atoms with van der Waals surface area (Å²) in [4.78, 5) is 19.0. The second-order valence-electron chi connectivity index (χ2n) is 17.8. The number of hydrogen-bond acceptors (Lipinski definition) is 29. The van der Waals surface area contributed by atoms with E-state index in [4.69, 9.17) is 28.9 Å². The molecular weight excluding hydrogens is 1330 g/mol. The number of nitrogens with two attached hydrogens (primary N) is 1. The molecular formula is C45H33Cl2N15O20S6. The fourth-order valence-corrected chi connectivity index (χ4v) is 11.9. The van der Waals surface area contributed by atoms with Crippen LogP contribution < -0.4 is 27.0 Å². The Balaban J connectivity index is 0.963. The maximum Gasteiger partial charge on any atom is 0.296 e. The number of anilines is 9. The zero-order valence-corrected chi connectivity index (χ0v) is 49.4. The molecule has 0 saturated heterocycles. The molecule has 2 heterocycles. The Morgan fingerprint density at radius 2 is 0.841 bits per heavy atom. The van der Waals surface area contributed by atoms with Gasteiger partial charge in [-0.25, -0.2) is 0 Å². The van der Waals surface area contributed by atoms with Gasteiger partial charge in [-0.15, -0.1) is 20.5 Å². The van der Waals surface area contributed by atoms with Gasteiger partial charge in [-0.05, 0) is 125 Å². The van der Waals surface area contributed by atoms with Crippen molar-refractivity contribution in [2.45, 2.75) is 36.3 Å². The van der Waals surface area contributed by atoms with Gasteiger partial charge >= 0.3 is 0 Å².